The molecular weight excluding hydrogens is 528 g/mol. The molecule has 3 aromatic rings. The van der Waals surface area contributed by atoms with Gasteiger partial charge in [-0.15, -0.1) is 0 Å². The molecule has 0 saturated heterocycles. The highest BCUT2D eigenvalue weighted by Crippen LogP contribution is 2.30. The van der Waals surface area contributed by atoms with Gasteiger partial charge in [0.05, 0.1) is 10.6 Å². The summed E-state index contributed by atoms with van der Waals surface area (Å²) in [7, 11) is -3.95. The molecule has 0 fully saturated rings. The summed E-state index contributed by atoms with van der Waals surface area (Å²) in [6, 6.07) is 13.5. The maximum absolute atomic E-state index is 13.2. The molecule has 0 radical (unpaired) electrons. The first kappa shape index (κ1) is 30.9. The number of nitrogens with zero attached hydrogens (tertiary/aromatic N) is 2. The molecule has 0 bridgehead atoms. The predicted octanol–water partition coefficient (Wildman–Crippen LogP) is 5.44. The fourth-order valence-electron chi connectivity index (χ4n) is 4.53. The maximum Gasteiger partial charge on any atom is 0.264 e. The summed E-state index contributed by atoms with van der Waals surface area (Å²) in [6.07, 6.45) is 2.16. The third-order valence-electron chi connectivity index (χ3n) is 6.93. The summed E-state index contributed by atoms with van der Waals surface area (Å²) in [4.78, 5) is 27.7. The molecule has 1 atom stereocenters. The Morgan fingerprint density at radius 1 is 1.02 bits per heavy atom. The number of anilines is 1. The minimum absolute atomic E-state index is 0.000680. The number of benzene rings is 2. The van der Waals surface area contributed by atoms with Crippen LogP contribution in [0.5, 0.6) is 0 Å². The van der Waals surface area contributed by atoms with E-state index in [0.29, 0.717) is 35.3 Å². The van der Waals surface area contributed by atoms with Crippen molar-refractivity contribution in [1.82, 2.24) is 15.4 Å². The molecule has 40 heavy (non-hydrogen) atoms. The molecule has 0 unspecified atom stereocenters. The van der Waals surface area contributed by atoms with Crippen LogP contribution in [0.1, 0.15) is 63.8 Å². The second kappa shape index (κ2) is 13.6. The molecule has 1 aromatic heterocycles. The van der Waals surface area contributed by atoms with E-state index in [2.05, 4.69) is 15.2 Å². The minimum atomic E-state index is -3.95. The van der Waals surface area contributed by atoms with E-state index >= 15 is 0 Å². The van der Waals surface area contributed by atoms with Crippen LogP contribution in [-0.4, -0.2) is 42.9 Å². The Kier molecular flexibility index (Phi) is 10.5. The highest BCUT2D eigenvalue weighted by atomic mass is 32.2. The summed E-state index contributed by atoms with van der Waals surface area (Å²) >= 11 is 0. The van der Waals surface area contributed by atoms with E-state index in [1.165, 1.54) is 6.07 Å². The zero-order valence-electron chi connectivity index (χ0n) is 24.2. The molecule has 2 aromatic carbocycles. The molecular formula is C30H40N4O5S. The quantitative estimate of drug-likeness (QED) is 0.283. The average Bonchev–Trinajstić information content (AvgIpc) is 3.24. The van der Waals surface area contributed by atoms with Crippen molar-refractivity contribution in [1.29, 1.82) is 0 Å². The largest absolute Gasteiger partial charge is 0.350 e. The summed E-state index contributed by atoms with van der Waals surface area (Å²) in [6.45, 7) is 12.1. The number of carbonyl (C=O) groups is 2. The van der Waals surface area contributed by atoms with Crippen LogP contribution in [0.2, 0.25) is 0 Å². The molecule has 0 saturated carbocycles. The molecule has 10 heteroatoms. The van der Waals surface area contributed by atoms with Gasteiger partial charge >= 0.3 is 0 Å². The molecule has 1 heterocycles. The van der Waals surface area contributed by atoms with Crippen molar-refractivity contribution >= 4 is 27.7 Å². The van der Waals surface area contributed by atoms with Gasteiger partial charge < -0.3 is 14.7 Å². The molecule has 3 rings (SSSR count). The van der Waals surface area contributed by atoms with Crippen LogP contribution in [0.3, 0.4) is 0 Å². The Balaban J connectivity index is 1.75. The highest BCUT2D eigenvalue weighted by Gasteiger charge is 2.31. The normalized spacial score (nSPS) is 12.3. The summed E-state index contributed by atoms with van der Waals surface area (Å²) < 4.78 is 34.1. The maximum atomic E-state index is 13.2. The van der Waals surface area contributed by atoms with Gasteiger partial charge in [-0.25, -0.2) is 13.1 Å². The number of aromatic nitrogens is 1. The lowest BCUT2D eigenvalue weighted by atomic mass is 10.00. The number of carbonyl (C=O) groups excluding carboxylic acids is 2. The van der Waals surface area contributed by atoms with Crippen LogP contribution in [0.15, 0.2) is 57.9 Å². The number of hydrogen-bond acceptors (Lipinski definition) is 6. The van der Waals surface area contributed by atoms with Gasteiger partial charge in [0, 0.05) is 30.6 Å². The van der Waals surface area contributed by atoms with Gasteiger partial charge in [0.15, 0.2) is 0 Å². The Labute approximate surface area is 237 Å². The monoisotopic (exact) mass is 568 g/mol. The van der Waals surface area contributed by atoms with Gasteiger partial charge in [-0.2, -0.15) is 0 Å². The lowest BCUT2D eigenvalue weighted by molar-refractivity contribution is -0.142. The number of amides is 2. The molecule has 0 aliphatic heterocycles. The van der Waals surface area contributed by atoms with Gasteiger partial charge in [-0.3, -0.25) is 9.59 Å². The zero-order chi connectivity index (χ0) is 29.4. The fourth-order valence-corrected chi connectivity index (χ4v) is 5.80. The smallest absolute Gasteiger partial charge is 0.264 e. The first-order valence-corrected chi connectivity index (χ1v) is 15.2. The third kappa shape index (κ3) is 7.29. The van der Waals surface area contributed by atoms with Crippen LogP contribution >= 0.6 is 0 Å². The Morgan fingerprint density at radius 3 is 2.27 bits per heavy atom. The Hall–Kier alpha value is -3.66. The van der Waals surface area contributed by atoms with Crippen molar-refractivity contribution in [3.8, 4) is 11.1 Å². The Bertz CT molecular complexity index is 1410. The number of unbranched alkanes of at least 4 members (excludes halogenated alkanes) is 1. The summed E-state index contributed by atoms with van der Waals surface area (Å²) in [5, 5.41) is 6.80. The zero-order valence-corrected chi connectivity index (χ0v) is 25.0. The van der Waals surface area contributed by atoms with Crippen LogP contribution in [0.4, 0.5) is 5.88 Å². The highest BCUT2D eigenvalue weighted by molar-refractivity contribution is 7.92. The van der Waals surface area contributed by atoms with Crippen LogP contribution in [0.25, 0.3) is 11.1 Å². The average molecular weight is 569 g/mol. The first-order chi connectivity index (χ1) is 19.0. The fraction of sp³-hybridized carbons (Fsp3) is 0.433. The number of rotatable bonds is 13. The van der Waals surface area contributed by atoms with Gasteiger partial charge in [-0.1, -0.05) is 74.8 Å². The summed E-state index contributed by atoms with van der Waals surface area (Å²) in [5.74, 6) is -0.137. The summed E-state index contributed by atoms with van der Waals surface area (Å²) in [5.41, 5.74) is 3.33. The van der Waals surface area contributed by atoms with Crippen molar-refractivity contribution in [2.45, 2.75) is 78.3 Å². The topological polar surface area (TPSA) is 122 Å². The van der Waals surface area contributed by atoms with E-state index < -0.39 is 16.1 Å². The second-order valence-electron chi connectivity index (χ2n) is 10.2. The number of likely N-dealkylation sites (N-methyl/N-ethyl adjacent to an activating group) is 1. The van der Waals surface area contributed by atoms with E-state index in [4.69, 9.17) is 4.52 Å². The molecule has 0 spiro atoms. The van der Waals surface area contributed by atoms with E-state index in [1.54, 1.807) is 36.9 Å². The van der Waals surface area contributed by atoms with Crippen LogP contribution in [0, 0.1) is 19.8 Å². The van der Waals surface area contributed by atoms with Crippen molar-refractivity contribution in [3.63, 3.8) is 0 Å². The molecule has 216 valence electrons. The molecule has 0 aliphatic rings. The SMILES string of the molecule is CCCCC(=O)N(CC)[C@H](C(=O)NCc1ccc(-c2ccccc2S(=O)(=O)Nc2onc(C)c2C)cc1)C(C)C. The minimum Gasteiger partial charge on any atom is -0.350 e. The van der Waals surface area contributed by atoms with Crippen molar-refractivity contribution in [2.75, 3.05) is 11.3 Å². The van der Waals surface area contributed by atoms with Crippen molar-refractivity contribution in [3.05, 3.63) is 65.4 Å². The number of aryl methyl sites for hydroxylation is 1. The number of hydrogen-bond donors (Lipinski definition) is 2. The lowest BCUT2D eigenvalue weighted by Gasteiger charge is -2.32. The lowest BCUT2D eigenvalue weighted by Crippen LogP contribution is -2.52. The van der Waals surface area contributed by atoms with Gasteiger partial charge in [-0.05, 0) is 50.3 Å². The second-order valence-corrected chi connectivity index (χ2v) is 11.9. The molecule has 9 nitrogen and oxygen atoms in total. The Morgan fingerprint density at radius 2 is 1.70 bits per heavy atom. The predicted molar refractivity (Wildman–Crippen MR) is 156 cm³/mol. The third-order valence-corrected chi connectivity index (χ3v) is 8.32. The van der Waals surface area contributed by atoms with Crippen LogP contribution < -0.4 is 10.0 Å². The van der Waals surface area contributed by atoms with E-state index in [-0.39, 0.29) is 35.1 Å². The van der Waals surface area contributed by atoms with Crippen LogP contribution in [-0.2, 0) is 26.2 Å². The van der Waals surface area contributed by atoms with Gasteiger partial charge in [0.1, 0.15) is 6.04 Å². The van der Waals surface area contributed by atoms with Gasteiger partial charge in [0.25, 0.3) is 10.0 Å². The molecule has 2 N–H and O–H groups in total. The van der Waals surface area contributed by atoms with Gasteiger partial charge in [0.2, 0.25) is 17.7 Å². The van der Waals surface area contributed by atoms with E-state index in [1.807, 2.05) is 52.0 Å². The standard InChI is InChI=1S/C30H40N4O5S/c1-7-9-14-27(35)34(8-2)28(20(3)4)29(36)31-19-23-15-17-24(18-16-23)25-12-10-11-13-26(25)40(37,38)33-30-21(5)22(6)32-39-30/h10-13,15-18,20,28,33H,7-9,14,19H2,1-6H3,(H,31,36)/t28-/m0/s1. The molecule has 0 aliphatic carbocycles. The number of sulfonamides is 1. The van der Waals surface area contributed by atoms with Crippen molar-refractivity contribution < 1.29 is 22.5 Å². The first-order valence-electron chi connectivity index (χ1n) is 13.7. The van der Waals surface area contributed by atoms with E-state index in [9.17, 15) is 18.0 Å². The van der Waals surface area contributed by atoms with E-state index in [0.717, 1.165) is 18.4 Å². The molecule has 2 amide bonds. The van der Waals surface area contributed by atoms with Crippen molar-refractivity contribution in [2.24, 2.45) is 5.92 Å². The number of nitrogens with one attached hydrogen (secondary N) is 2.